The van der Waals surface area contributed by atoms with Gasteiger partial charge >= 0.3 is 0 Å². The molecular weight excluding hydrogens is 220 g/mol. The fraction of sp³-hybridized carbons (Fsp3) is 0.625. The first kappa shape index (κ1) is 13.4. The Balaban J connectivity index is 2.04. The Bertz CT molecular complexity index is 363. The van der Waals surface area contributed by atoms with E-state index in [0.29, 0.717) is 5.41 Å². The zero-order chi connectivity index (χ0) is 13.0. The number of hydrogen-bond acceptors (Lipinski definition) is 2. The van der Waals surface area contributed by atoms with Gasteiger partial charge in [-0.05, 0) is 44.9 Å². The van der Waals surface area contributed by atoms with E-state index in [9.17, 15) is 0 Å². The molecule has 1 N–H and O–H groups in total. The highest BCUT2D eigenvalue weighted by Crippen LogP contribution is 2.32. The zero-order valence-electron chi connectivity index (χ0n) is 12.0. The molecule has 1 saturated heterocycles. The number of anilines is 1. The van der Waals surface area contributed by atoms with Crippen molar-refractivity contribution in [3.63, 3.8) is 0 Å². The molecule has 0 aliphatic carbocycles. The van der Waals surface area contributed by atoms with Crippen molar-refractivity contribution in [3.8, 4) is 0 Å². The molecule has 1 aliphatic rings. The van der Waals surface area contributed by atoms with E-state index < -0.39 is 0 Å². The molecule has 2 rings (SSSR count). The molecule has 0 saturated carbocycles. The molecule has 18 heavy (non-hydrogen) atoms. The van der Waals surface area contributed by atoms with E-state index in [2.05, 4.69) is 55.4 Å². The maximum atomic E-state index is 3.57. The molecule has 1 heterocycles. The number of hydrogen-bond donors (Lipinski definition) is 1. The summed E-state index contributed by atoms with van der Waals surface area (Å²) in [4.78, 5) is 2.41. The summed E-state index contributed by atoms with van der Waals surface area (Å²) in [5, 5.41) is 3.57. The number of benzene rings is 1. The number of nitrogens with one attached hydrogen (secondary N) is 1. The summed E-state index contributed by atoms with van der Waals surface area (Å²) in [6, 6.07) is 8.86. The van der Waals surface area contributed by atoms with Gasteiger partial charge in [-0.2, -0.15) is 0 Å². The van der Waals surface area contributed by atoms with Crippen molar-refractivity contribution in [2.75, 3.05) is 31.6 Å². The van der Waals surface area contributed by atoms with Gasteiger partial charge in [-0.3, -0.25) is 0 Å². The van der Waals surface area contributed by atoms with Crippen LogP contribution in [0.5, 0.6) is 0 Å². The van der Waals surface area contributed by atoms with Crippen LogP contribution >= 0.6 is 0 Å². The van der Waals surface area contributed by atoms with Crippen molar-refractivity contribution >= 4 is 5.69 Å². The van der Waals surface area contributed by atoms with E-state index >= 15 is 0 Å². The van der Waals surface area contributed by atoms with Crippen molar-refractivity contribution in [2.24, 2.45) is 5.41 Å². The Hall–Kier alpha value is -1.02. The third kappa shape index (κ3) is 3.05. The minimum absolute atomic E-state index is 0.456. The Morgan fingerprint density at radius 2 is 2.00 bits per heavy atom. The van der Waals surface area contributed by atoms with E-state index in [-0.39, 0.29) is 0 Å². The Labute approximate surface area is 111 Å². The lowest BCUT2D eigenvalue weighted by atomic mass is 9.78. The largest absolute Gasteiger partial charge is 0.374 e. The van der Waals surface area contributed by atoms with Crippen LogP contribution in [0.2, 0.25) is 0 Å². The van der Waals surface area contributed by atoms with Gasteiger partial charge in [0.15, 0.2) is 0 Å². The molecule has 0 spiro atoms. The molecule has 1 fully saturated rings. The average Bonchev–Trinajstić information content (AvgIpc) is 2.40. The summed E-state index contributed by atoms with van der Waals surface area (Å²) in [5.74, 6) is 0. The molecule has 0 radical (unpaired) electrons. The fourth-order valence-corrected chi connectivity index (χ4v) is 2.97. The second-order valence-electron chi connectivity index (χ2n) is 5.83. The van der Waals surface area contributed by atoms with E-state index in [0.717, 1.165) is 6.54 Å². The maximum Gasteiger partial charge on any atom is 0.0363 e. The van der Waals surface area contributed by atoms with Crippen LogP contribution in [0.4, 0.5) is 5.69 Å². The first-order chi connectivity index (χ1) is 8.65. The van der Waals surface area contributed by atoms with Gasteiger partial charge in [-0.15, -0.1) is 0 Å². The van der Waals surface area contributed by atoms with Gasteiger partial charge in [0.05, 0.1) is 0 Å². The highest BCUT2D eigenvalue weighted by Gasteiger charge is 2.31. The predicted octanol–water partition coefficient (Wildman–Crippen LogP) is 3.21. The third-order valence-corrected chi connectivity index (χ3v) is 4.36. The van der Waals surface area contributed by atoms with Gasteiger partial charge in [0.2, 0.25) is 0 Å². The van der Waals surface area contributed by atoms with Crippen molar-refractivity contribution in [1.82, 2.24) is 5.32 Å². The average molecular weight is 246 g/mol. The van der Waals surface area contributed by atoms with Crippen molar-refractivity contribution in [3.05, 3.63) is 29.8 Å². The maximum absolute atomic E-state index is 3.57. The SMILES string of the molecule is CCC1(CN(C)c2ccc(C)cc2)CCCNC1. The second kappa shape index (κ2) is 5.75. The van der Waals surface area contributed by atoms with Crippen LogP contribution in [-0.4, -0.2) is 26.7 Å². The molecule has 0 aromatic heterocycles. The van der Waals surface area contributed by atoms with E-state index in [4.69, 9.17) is 0 Å². The fourth-order valence-electron chi connectivity index (χ4n) is 2.97. The third-order valence-electron chi connectivity index (χ3n) is 4.36. The monoisotopic (exact) mass is 246 g/mol. The Morgan fingerprint density at radius 1 is 1.28 bits per heavy atom. The lowest BCUT2D eigenvalue weighted by molar-refractivity contribution is 0.207. The topological polar surface area (TPSA) is 15.3 Å². The van der Waals surface area contributed by atoms with Crippen LogP contribution in [0.15, 0.2) is 24.3 Å². The molecule has 100 valence electrons. The van der Waals surface area contributed by atoms with Gasteiger partial charge in [0.25, 0.3) is 0 Å². The quantitative estimate of drug-likeness (QED) is 0.877. The van der Waals surface area contributed by atoms with Crippen LogP contribution in [0.3, 0.4) is 0 Å². The van der Waals surface area contributed by atoms with Gasteiger partial charge < -0.3 is 10.2 Å². The van der Waals surface area contributed by atoms with Gasteiger partial charge in [0, 0.05) is 31.2 Å². The zero-order valence-corrected chi connectivity index (χ0v) is 12.0. The summed E-state index contributed by atoms with van der Waals surface area (Å²) in [6.07, 6.45) is 3.93. The summed E-state index contributed by atoms with van der Waals surface area (Å²) in [6.45, 7) is 7.98. The van der Waals surface area contributed by atoms with Crippen molar-refractivity contribution in [2.45, 2.75) is 33.1 Å². The molecule has 2 nitrogen and oxygen atoms in total. The van der Waals surface area contributed by atoms with Crippen LogP contribution in [0, 0.1) is 12.3 Å². The summed E-state index contributed by atoms with van der Waals surface area (Å²) in [5.41, 5.74) is 3.12. The van der Waals surface area contributed by atoms with Gasteiger partial charge in [-0.1, -0.05) is 24.6 Å². The molecule has 1 atom stereocenters. The minimum atomic E-state index is 0.456. The Kier molecular flexibility index (Phi) is 4.28. The normalized spacial score (nSPS) is 23.9. The smallest absolute Gasteiger partial charge is 0.0363 e. The van der Waals surface area contributed by atoms with Crippen molar-refractivity contribution < 1.29 is 0 Å². The first-order valence-electron chi connectivity index (χ1n) is 7.14. The lowest BCUT2D eigenvalue weighted by Crippen LogP contribution is -2.46. The highest BCUT2D eigenvalue weighted by molar-refractivity contribution is 5.46. The highest BCUT2D eigenvalue weighted by atomic mass is 15.1. The predicted molar refractivity (Wildman–Crippen MR) is 79.3 cm³/mol. The van der Waals surface area contributed by atoms with Crippen molar-refractivity contribution in [1.29, 1.82) is 0 Å². The molecular formula is C16H26N2. The summed E-state index contributed by atoms with van der Waals surface area (Å²) < 4.78 is 0. The molecule has 0 bridgehead atoms. The number of piperidine rings is 1. The van der Waals surface area contributed by atoms with Crippen LogP contribution in [0.1, 0.15) is 31.7 Å². The van der Waals surface area contributed by atoms with E-state index in [1.807, 2.05) is 0 Å². The molecule has 1 aromatic rings. The van der Waals surface area contributed by atoms with Gasteiger partial charge in [-0.25, -0.2) is 0 Å². The molecule has 1 aromatic carbocycles. The van der Waals surface area contributed by atoms with Crippen LogP contribution < -0.4 is 10.2 Å². The number of rotatable bonds is 4. The van der Waals surface area contributed by atoms with Crippen LogP contribution in [-0.2, 0) is 0 Å². The second-order valence-corrected chi connectivity index (χ2v) is 5.83. The Morgan fingerprint density at radius 3 is 2.56 bits per heavy atom. The molecule has 0 amide bonds. The summed E-state index contributed by atoms with van der Waals surface area (Å²) in [7, 11) is 2.22. The standard InChI is InChI=1S/C16H26N2/c1-4-16(10-5-11-17-12-16)13-18(3)15-8-6-14(2)7-9-15/h6-9,17H,4-5,10-13H2,1-3H3. The molecule has 1 aliphatic heterocycles. The molecule has 1 unspecified atom stereocenters. The molecule has 2 heteroatoms. The summed E-state index contributed by atoms with van der Waals surface area (Å²) >= 11 is 0. The first-order valence-corrected chi connectivity index (χ1v) is 7.14. The van der Waals surface area contributed by atoms with E-state index in [1.165, 1.54) is 43.6 Å². The number of nitrogens with zero attached hydrogens (tertiary/aromatic N) is 1. The lowest BCUT2D eigenvalue weighted by Gasteiger charge is -2.40. The number of aryl methyl sites for hydroxylation is 1. The van der Waals surface area contributed by atoms with Gasteiger partial charge in [0.1, 0.15) is 0 Å². The minimum Gasteiger partial charge on any atom is -0.374 e. The van der Waals surface area contributed by atoms with Crippen LogP contribution in [0.25, 0.3) is 0 Å². The van der Waals surface area contributed by atoms with E-state index in [1.54, 1.807) is 0 Å².